The van der Waals surface area contributed by atoms with E-state index in [9.17, 15) is 9.59 Å². The Morgan fingerprint density at radius 2 is 1.60 bits per heavy atom. The minimum absolute atomic E-state index is 0.0372. The van der Waals surface area contributed by atoms with Gasteiger partial charge in [0.2, 0.25) is 5.43 Å². The lowest BCUT2D eigenvalue weighted by Gasteiger charge is -2.27. The molecular weight excluding hydrogens is 548 g/mol. The second kappa shape index (κ2) is 11.9. The summed E-state index contributed by atoms with van der Waals surface area (Å²) < 4.78 is 34.6. The van der Waals surface area contributed by atoms with Crippen LogP contribution in [0.2, 0.25) is 0 Å². The van der Waals surface area contributed by atoms with Crippen LogP contribution >= 0.6 is 0 Å². The predicted molar refractivity (Wildman–Crippen MR) is 162 cm³/mol. The van der Waals surface area contributed by atoms with E-state index in [0.717, 1.165) is 11.1 Å². The Labute approximate surface area is 248 Å². The predicted octanol–water partition coefficient (Wildman–Crippen LogP) is 6.55. The van der Waals surface area contributed by atoms with Crippen molar-refractivity contribution in [2.75, 3.05) is 27.9 Å². The summed E-state index contributed by atoms with van der Waals surface area (Å²) in [4.78, 5) is 26.7. The number of hydrogen-bond acceptors (Lipinski definition) is 8. The molecular formula is C35H30O8. The molecule has 0 saturated carbocycles. The van der Waals surface area contributed by atoms with E-state index in [1.807, 2.05) is 48.5 Å². The molecule has 0 aliphatic carbocycles. The SMILES string of the molecule is COc1ccc(-c2coc3c4c(ccc3c2=O)OC(=O)CC4c2cccc(OC)c2OCCc2ccccc2)cc1OC. The highest BCUT2D eigenvalue weighted by molar-refractivity contribution is 5.90. The summed E-state index contributed by atoms with van der Waals surface area (Å²) in [5.41, 5.74) is 3.60. The van der Waals surface area contributed by atoms with Crippen LogP contribution in [0.1, 0.15) is 29.0 Å². The van der Waals surface area contributed by atoms with Gasteiger partial charge in [0.15, 0.2) is 23.0 Å². The minimum Gasteiger partial charge on any atom is -0.493 e. The van der Waals surface area contributed by atoms with Crippen molar-refractivity contribution in [3.05, 3.63) is 112 Å². The molecule has 0 spiro atoms. The normalized spacial score (nSPS) is 14.1. The van der Waals surface area contributed by atoms with Gasteiger partial charge in [-0.05, 0) is 41.5 Å². The van der Waals surface area contributed by atoms with Crippen LogP contribution in [0.25, 0.3) is 22.1 Å². The van der Waals surface area contributed by atoms with Crippen molar-refractivity contribution < 1.29 is 32.9 Å². The zero-order valence-corrected chi connectivity index (χ0v) is 24.0. The van der Waals surface area contributed by atoms with Gasteiger partial charge in [-0.1, -0.05) is 48.5 Å². The number of carbonyl (C=O) groups is 1. The summed E-state index contributed by atoms with van der Waals surface area (Å²) in [6.07, 6.45) is 2.16. The number of methoxy groups -OCH3 is 3. The number of esters is 1. The van der Waals surface area contributed by atoms with Gasteiger partial charge in [0.05, 0.1) is 45.3 Å². The van der Waals surface area contributed by atoms with E-state index in [-0.39, 0.29) is 17.8 Å². The number of fused-ring (bicyclic) bond motifs is 3. The zero-order chi connectivity index (χ0) is 29.9. The quantitative estimate of drug-likeness (QED) is 0.144. The van der Waals surface area contributed by atoms with Crippen molar-refractivity contribution in [1.29, 1.82) is 0 Å². The monoisotopic (exact) mass is 578 g/mol. The van der Waals surface area contributed by atoms with Crippen LogP contribution in [0.3, 0.4) is 0 Å². The number of para-hydroxylation sites is 1. The summed E-state index contributed by atoms with van der Waals surface area (Å²) in [6, 6.07) is 24.1. The van der Waals surface area contributed by atoms with Gasteiger partial charge >= 0.3 is 5.97 Å². The van der Waals surface area contributed by atoms with Crippen molar-refractivity contribution in [3.63, 3.8) is 0 Å². The minimum atomic E-state index is -0.503. The first-order chi connectivity index (χ1) is 21.0. The lowest BCUT2D eigenvalue weighted by molar-refractivity contribution is -0.135. The second-order valence-corrected chi connectivity index (χ2v) is 10.1. The summed E-state index contributed by atoms with van der Waals surface area (Å²) in [6.45, 7) is 0.403. The second-order valence-electron chi connectivity index (χ2n) is 10.1. The van der Waals surface area contributed by atoms with Gasteiger partial charge < -0.3 is 28.1 Å². The Hall–Kier alpha value is -5.24. The van der Waals surface area contributed by atoms with E-state index in [1.54, 1.807) is 44.6 Å². The smallest absolute Gasteiger partial charge is 0.312 e. The van der Waals surface area contributed by atoms with E-state index in [1.165, 1.54) is 13.4 Å². The van der Waals surface area contributed by atoms with Gasteiger partial charge in [-0.2, -0.15) is 0 Å². The molecule has 8 heteroatoms. The zero-order valence-electron chi connectivity index (χ0n) is 24.0. The standard InChI is InChI=1S/C35H30O8/c1-38-27-14-12-22(18-30(27)40-3)26-20-42-35-24(33(26)37)13-15-28-32(35)25(19-31(36)43-28)23-10-7-11-29(39-2)34(23)41-17-16-21-8-5-4-6-9-21/h4-15,18,20,25H,16-17,19H2,1-3H3. The summed E-state index contributed by atoms with van der Waals surface area (Å²) in [5.74, 6) is 1.58. The maximum Gasteiger partial charge on any atom is 0.312 e. The molecule has 1 aliphatic heterocycles. The van der Waals surface area contributed by atoms with Crippen molar-refractivity contribution >= 4 is 16.9 Å². The van der Waals surface area contributed by atoms with Crippen LogP contribution in [-0.4, -0.2) is 33.9 Å². The molecule has 4 aromatic carbocycles. The molecule has 2 heterocycles. The van der Waals surface area contributed by atoms with Gasteiger partial charge in [-0.15, -0.1) is 0 Å². The Morgan fingerprint density at radius 3 is 2.37 bits per heavy atom. The highest BCUT2D eigenvalue weighted by Crippen LogP contribution is 2.47. The molecule has 1 atom stereocenters. The number of rotatable bonds is 9. The summed E-state index contributed by atoms with van der Waals surface area (Å²) in [7, 11) is 4.67. The molecule has 1 aliphatic rings. The molecule has 1 aromatic heterocycles. The van der Waals surface area contributed by atoms with Crippen LogP contribution in [-0.2, 0) is 11.2 Å². The van der Waals surface area contributed by atoms with Crippen LogP contribution in [0.4, 0.5) is 0 Å². The molecule has 0 radical (unpaired) electrons. The largest absolute Gasteiger partial charge is 0.493 e. The molecule has 1 unspecified atom stereocenters. The molecule has 0 amide bonds. The number of hydrogen-bond donors (Lipinski definition) is 0. The van der Waals surface area contributed by atoms with E-state index >= 15 is 0 Å². The molecule has 43 heavy (non-hydrogen) atoms. The Kier molecular flexibility index (Phi) is 7.75. The van der Waals surface area contributed by atoms with E-state index in [4.69, 9.17) is 28.1 Å². The van der Waals surface area contributed by atoms with Gasteiger partial charge in [0, 0.05) is 23.5 Å². The lowest BCUT2D eigenvalue weighted by Crippen LogP contribution is -2.22. The molecule has 0 N–H and O–H groups in total. The van der Waals surface area contributed by atoms with Gasteiger partial charge in [-0.25, -0.2) is 0 Å². The molecule has 5 aromatic rings. The number of ether oxygens (including phenoxy) is 5. The average molecular weight is 579 g/mol. The van der Waals surface area contributed by atoms with Crippen LogP contribution in [0.15, 0.2) is 94.3 Å². The molecule has 0 bridgehead atoms. The molecule has 0 saturated heterocycles. The van der Waals surface area contributed by atoms with Gasteiger partial charge in [0.25, 0.3) is 0 Å². The Bertz CT molecular complexity index is 1860. The first-order valence-electron chi connectivity index (χ1n) is 13.9. The Morgan fingerprint density at radius 1 is 0.814 bits per heavy atom. The molecule has 6 rings (SSSR count). The van der Waals surface area contributed by atoms with Crippen molar-refractivity contribution in [2.24, 2.45) is 0 Å². The van der Waals surface area contributed by atoms with Crippen LogP contribution in [0.5, 0.6) is 28.7 Å². The van der Waals surface area contributed by atoms with Crippen molar-refractivity contribution in [1.82, 2.24) is 0 Å². The van der Waals surface area contributed by atoms with E-state index in [2.05, 4.69) is 0 Å². The molecule has 218 valence electrons. The Balaban J connectivity index is 1.44. The van der Waals surface area contributed by atoms with Crippen LogP contribution < -0.4 is 29.1 Å². The summed E-state index contributed by atoms with van der Waals surface area (Å²) in [5, 5.41) is 0.364. The fraction of sp³-hybridized carbons (Fsp3) is 0.200. The highest BCUT2D eigenvalue weighted by Gasteiger charge is 2.34. The third-order valence-corrected chi connectivity index (χ3v) is 7.66. The molecule has 0 fully saturated rings. The number of benzene rings is 4. The average Bonchev–Trinajstić information content (AvgIpc) is 3.04. The third-order valence-electron chi connectivity index (χ3n) is 7.66. The van der Waals surface area contributed by atoms with Crippen molar-refractivity contribution in [3.8, 4) is 39.9 Å². The lowest BCUT2D eigenvalue weighted by atomic mass is 9.84. The highest BCUT2D eigenvalue weighted by atomic mass is 16.5. The molecule has 8 nitrogen and oxygen atoms in total. The van der Waals surface area contributed by atoms with Gasteiger partial charge in [0.1, 0.15) is 17.6 Å². The van der Waals surface area contributed by atoms with Gasteiger partial charge in [-0.3, -0.25) is 9.59 Å². The first kappa shape index (κ1) is 27.9. The fourth-order valence-corrected chi connectivity index (χ4v) is 5.56. The summed E-state index contributed by atoms with van der Waals surface area (Å²) >= 11 is 0. The number of carbonyl (C=O) groups excluding carboxylic acids is 1. The van der Waals surface area contributed by atoms with Crippen molar-refractivity contribution in [2.45, 2.75) is 18.8 Å². The van der Waals surface area contributed by atoms with Crippen LogP contribution in [0, 0.1) is 0 Å². The topological polar surface area (TPSA) is 93.4 Å². The van der Waals surface area contributed by atoms with E-state index < -0.39 is 5.92 Å². The fourth-order valence-electron chi connectivity index (χ4n) is 5.56. The first-order valence-corrected chi connectivity index (χ1v) is 13.9. The maximum atomic E-state index is 13.8. The third kappa shape index (κ3) is 5.28. The van der Waals surface area contributed by atoms with E-state index in [0.29, 0.717) is 69.4 Å². The maximum absolute atomic E-state index is 13.8.